The number of nitrogens with zero attached hydrogens (tertiary/aromatic N) is 2. The highest BCUT2D eigenvalue weighted by Gasteiger charge is 2.43. The standard InChI is InChI=1S/C38H49N3O3.C2H6/c1-8-12-16-32(40-44)24-28(6)26-41-35-22-17-27(5)25-34(35)36(31-18-20-33(42)21-19-31)39-38(7,37(41)43)23-13-15-30(11-4)29(10-3)14-9-2;1-2/h8,12,14-22,24-25,36,39,42H,9-11,13,23,26H2,1-7H3;1-2H3/b12-8-,28-24+,29-14-,30-15-,32-16+;. The Hall–Kier alpha value is -4.03. The summed E-state index contributed by atoms with van der Waals surface area (Å²) in [6, 6.07) is 13.1. The van der Waals surface area contributed by atoms with E-state index in [9.17, 15) is 14.8 Å². The minimum atomic E-state index is -0.904. The van der Waals surface area contributed by atoms with Crippen LogP contribution in [0.2, 0.25) is 0 Å². The number of phenols is 1. The number of nitroso groups, excluding NO2 is 1. The second-order valence-corrected chi connectivity index (χ2v) is 11.8. The van der Waals surface area contributed by atoms with Gasteiger partial charge in [-0.3, -0.25) is 10.1 Å². The van der Waals surface area contributed by atoms with Gasteiger partial charge >= 0.3 is 0 Å². The van der Waals surface area contributed by atoms with Gasteiger partial charge in [-0.15, -0.1) is 4.91 Å². The smallest absolute Gasteiger partial charge is 0.247 e. The summed E-state index contributed by atoms with van der Waals surface area (Å²) in [5.74, 6) is 0.170. The van der Waals surface area contributed by atoms with Crippen molar-refractivity contribution < 1.29 is 9.90 Å². The number of aryl methyl sites for hydroxylation is 1. The molecule has 0 bridgehead atoms. The first kappa shape index (κ1) is 38.2. The molecule has 2 aromatic rings. The van der Waals surface area contributed by atoms with Gasteiger partial charge in [0, 0.05) is 12.2 Å². The van der Waals surface area contributed by atoms with Crippen LogP contribution in [0, 0.1) is 11.8 Å². The fraction of sp³-hybridized carbons (Fsp3) is 0.425. The molecule has 46 heavy (non-hydrogen) atoms. The van der Waals surface area contributed by atoms with E-state index in [4.69, 9.17) is 0 Å². The zero-order valence-electron chi connectivity index (χ0n) is 29.5. The second-order valence-electron chi connectivity index (χ2n) is 11.8. The first-order valence-electron chi connectivity index (χ1n) is 16.8. The van der Waals surface area contributed by atoms with Gasteiger partial charge in [0.05, 0.1) is 11.6 Å². The van der Waals surface area contributed by atoms with Crippen LogP contribution in [0.25, 0.3) is 0 Å². The number of phenolic OH excluding ortho intramolecular Hbond substituents is 1. The average molecular weight is 626 g/mol. The molecule has 248 valence electrons. The molecule has 0 spiro atoms. The van der Waals surface area contributed by atoms with Crippen molar-refractivity contribution in [3.05, 3.63) is 123 Å². The van der Waals surface area contributed by atoms with Gasteiger partial charge < -0.3 is 10.0 Å². The van der Waals surface area contributed by atoms with E-state index < -0.39 is 5.54 Å². The molecule has 0 radical (unpaired) electrons. The normalized spacial score (nSPS) is 19.5. The maximum Gasteiger partial charge on any atom is 0.247 e. The molecule has 1 heterocycles. The Morgan fingerprint density at radius 1 is 1.04 bits per heavy atom. The molecule has 0 aromatic heterocycles. The predicted molar refractivity (Wildman–Crippen MR) is 195 cm³/mol. The van der Waals surface area contributed by atoms with Crippen molar-refractivity contribution in [2.75, 3.05) is 11.4 Å². The van der Waals surface area contributed by atoms with Gasteiger partial charge in [-0.1, -0.05) is 94.3 Å². The molecule has 2 unspecified atom stereocenters. The number of hydrogen-bond acceptors (Lipinski definition) is 5. The number of hydrogen-bond donors (Lipinski definition) is 2. The van der Waals surface area contributed by atoms with Crippen molar-refractivity contribution in [2.45, 2.75) is 106 Å². The molecule has 0 saturated carbocycles. The van der Waals surface area contributed by atoms with E-state index >= 15 is 0 Å². The summed E-state index contributed by atoms with van der Waals surface area (Å²) in [7, 11) is 0. The molecule has 1 aliphatic rings. The lowest BCUT2D eigenvalue weighted by Crippen LogP contribution is -2.55. The number of carbonyl (C=O) groups is 1. The van der Waals surface area contributed by atoms with E-state index in [1.54, 1.807) is 30.4 Å². The van der Waals surface area contributed by atoms with Crippen LogP contribution in [0.4, 0.5) is 5.69 Å². The van der Waals surface area contributed by atoms with E-state index in [2.05, 4.69) is 56.4 Å². The lowest BCUT2D eigenvalue weighted by atomic mass is 9.89. The van der Waals surface area contributed by atoms with Crippen LogP contribution in [0.15, 0.2) is 107 Å². The van der Waals surface area contributed by atoms with Crippen LogP contribution in [-0.4, -0.2) is 23.1 Å². The molecular weight excluding hydrogens is 570 g/mol. The third-order valence-electron chi connectivity index (χ3n) is 8.22. The Morgan fingerprint density at radius 2 is 1.70 bits per heavy atom. The van der Waals surface area contributed by atoms with Gasteiger partial charge in [0.2, 0.25) is 5.91 Å². The molecule has 6 heteroatoms. The Bertz CT molecular complexity index is 1460. The van der Waals surface area contributed by atoms with Gasteiger partial charge in [0.1, 0.15) is 11.4 Å². The second kappa shape index (κ2) is 18.8. The molecule has 0 aliphatic carbocycles. The maximum atomic E-state index is 14.7. The van der Waals surface area contributed by atoms with Crippen LogP contribution in [0.5, 0.6) is 5.75 Å². The zero-order valence-corrected chi connectivity index (χ0v) is 29.5. The fourth-order valence-corrected chi connectivity index (χ4v) is 5.92. The summed E-state index contributed by atoms with van der Waals surface area (Å²) in [6.07, 6.45) is 15.9. The predicted octanol–water partition coefficient (Wildman–Crippen LogP) is 10.5. The summed E-state index contributed by atoms with van der Waals surface area (Å²) in [5.41, 5.74) is 6.82. The quantitative estimate of drug-likeness (QED) is 0.171. The Labute approximate surface area is 277 Å². The van der Waals surface area contributed by atoms with E-state index in [1.807, 2.05) is 69.9 Å². The molecule has 3 rings (SSSR count). The fourth-order valence-electron chi connectivity index (χ4n) is 5.92. The molecule has 1 aliphatic heterocycles. The molecular formula is C40H55N3O3. The highest BCUT2D eigenvalue weighted by atomic mass is 16.3. The van der Waals surface area contributed by atoms with Gasteiger partial charge in [-0.25, -0.2) is 0 Å². The highest BCUT2D eigenvalue weighted by molar-refractivity contribution is 6.02. The van der Waals surface area contributed by atoms with E-state index in [0.717, 1.165) is 53.6 Å². The summed E-state index contributed by atoms with van der Waals surface area (Å²) in [6.45, 7) is 18.7. The van der Waals surface area contributed by atoms with Crippen molar-refractivity contribution >= 4 is 11.6 Å². The summed E-state index contributed by atoms with van der Waals surface area (Å²) in [5, 5.41) is 17.0. The first-order valence-corrected chi connectivity index (χ1v) is 16.8. The lowest BCUT2D eigenvalue weighted by Gasteiger charge is -2.34. The molecule has 2 aromatic carbocycles. The zero-order chi connectivity index (χ0) is 34.3. The summed E-state index contributed by atoms with van der Waals surface area (Å²) < 4.78 is 0. The number of fused-ring (bicyclic) bond motifs is 1. The number of benzene rings is 2. The molecule has 0 fully saturated rings. The number of anilines is 1. The third-order valence-corrected chi connectivity index (χ3v) is 8.22. The minimum absolute atomic E-state index is 0.0269. The molecule has 2 N–H and O–H groups in total. The van der Waals surface area contributed by atoms with Gasteiger partial charge in [0.25, 0.3) is 0 Å². The van der Waals surface area contributed by atoms with Crippen LogP contribution < -0.4 is 10.2 Å². The first-order chi connectivity index (χ1) is 22.1. The number of rotatable bonds is 13. The number of allylic oxidation sites excluding steroid dienone is 8. The van der Waals surface area contributed by atoms with E-state index in [1.165, 1.54) is 11.1 Å². The number of nitrogens with one attached hydrogen (secondary N) is 1. The van der Waals surface area contributed by atoms with Gasteiger partial charge in [-0.2, -0.15) is 0 Å². The third kappa shape index (κ3) is 9.98. The van der Waals surface area contributed by atoms with Gasteiger partial charge in [-0.05, 0) is 118 Å². The van der Waals surface area contributed by atoms with Crippen molar-refractivity contribution in [3.8, 4) is 5.75 Å². The Morgan fingerprint density at radius 3 is 2.28 bits per heavy atom. The van der Waals surface area contributed by atoms with Crippen LogP contribution in [-0.2, 0) is 4.79 Å². The SMILES string of the molecule is CC.C\C=C/C=C(\C=C(/C)CN1C(=O)C(C)(CC/C=C(CC)\C(=C/CC)CC)NC(c2ccc(O)cc2)c2cc(C)ccc21)N=O. The lowest BCUT2D eigenvalue weighted by molar-refractivity contribution is -0.124. The van der Waals surface area contributed by atoms with E-state index in [0.29, 0.717) is 18.7 Å². The largest absolute Gasteiger partial charge is 0.508 e. The topological polar surface area (TPSA) is 82.0 Å². The highest BCUT2D eigenvalue weighted by Crippen LogP contribution is 2.39. The monoisotopic (exact) mass is 625 g/mol. The van der Waals surface area contributed by atoms with Crippen LogP contribution >= 0.6 is 0 Å². The Kier molecular flexibility index (Phi) is 15.6. The maximum absolute atomic E-state index is 14.7. The average Bonchev–Trinajstić information content (AvgIpc) is 3.14. The van der Waals surface area contributed by atoms with Crippen LogP contribution in [0.3, 0.4) is 0 Å². The van der Waals surface area contributed by atoms with Crippen molar-refractivity contribution in [1.82, 2.24) is 5.32 Å². The van der Waals surface area contributed by atoms with Crippen molar-refractivity contribution in [1.29, 1.82) is 0 Å². The van der Waals surface area contributed by atoms with E-state index in [-0.39, 0.29) is 17.7 Å². The molecule has 6 nitrogen and oxygen atoms in total. The van der Waals surface area contributed by atoms with Crippen LogP contribution in [0.1, 0.15) is 110 Å². The number of amides is 1. The minimum Gasteiger partial charge on any atom is -0.508 e. The van der Waals surface area contributed by atoms with Crippen molar-refractivity contribution in [3.63, 3.8) is 0 Å². The Balaban J connectivity index is 0.00000361. The number of carbonyl (C=O) groups excluding carboxylic acids is 1. The number of aromatic hydroxyl groups is 1. The molecule has 0 saturated heterocycles. The summed E-state index contributed by atoms with van der Waals surface area (Å²) >= 11 is 0. The molecule has 1 amide bonds. The molecule has 2 atom stereocenters. The van der Waals surface area contributed by atoms with Crippen molar-refractivity contribution in [2.24, 2.45) is 5.18 Å². The van der Waals surface area contributed by atoms with Gasteiger partial charge in [0.15, 0.2) is 0 Å². The summed E-state index contributed by atoms with van der Waals surface area (Å²) in [4.78, 5) is 28.1.